The van der Waals surface area contributed by atoms with E-state index in [9.17, 15) is 9.59 Å². The standard InChI is InChI=1S/C20H25N3O2/c1-20(2,3)22-19(25)15-10-12-16(13-11-15)21-18(24)14-23(4)17-8-6-5-7-9-17/h5-13H,14H2,1-4H3,(H,21,24)(H,22,25). The Kier molecular flexibility index (Phi) is 5.80. The normalized spacial score (nSPS) is 10.9. The van der Waals surface area contributed by atoms with Crippen LogP contribution in [-0.4, -0.2) is 30.9 Å². The second kappa shape index (κ2) is 7.83. The molecule has 5 heteroatoms. The molecular weight excluding hydrogens is 314 g/mol. The fourth-order valence-corrected chi connectivity index (χ4v) is 2.31. The van der Waals surface area contributed by atoms with Crippen molar-refractivity contribution >= 4 is 23.2 Å². The molecule has 0 saturated carbocycles. The van der Waals surface area contributed by atoms with Crippen molar-refractivity contribution in [3.05, 3.63) is 60.2 Å². The fraction of sp³-hybridized carbons (Fsp3) is 0.300. The van der Waals surface area contributed by atoms with Crippen LogP contribution in [0.2, 0.25) is 0 Å². The smallest absolute Gasteiger partial charge is 0.251 e. The van der Waals surface area contributed by atoms with E-state index >= 15 is 0 Å². The van der Waals surface area contributed by atoms with Crippen LogP contribution in [0.1, 0.15) is 31.1 Å². The van der Waals surface area contributed by atoms with Crippen LogP contribution in [-0.2, 0) is 4.79 Å². The van der Waals surface area contributed by atoms with Crippen LogP contribution in [0.15, 0.2) is 54.6 Å². The summed E-state index contributed by atoms with van der Waals surface area (Å²) in [5, 5.41) is 5.75. The number of nitrogens with zero attached hydrogens (tertiary/aromatic N) is 1. The number of amides is 2. The number of carbonyl (C=O) groups is 2. The maximum atomic E-state index is 12.2. The molecule has 0 aliphatic carbocycles. The van der Waals surface area contributed by atoms with Gasteiger partial charge in [0.1, 0.15) is 0 Å². The van der Waals surface area contributed by atoms with Crippen LogP contribution < -0.4 is 15.5 Å². The lowest BCUT2D eigenvalue weighted by molar-refractivity contribution is -0.114. The van der Waals surface area contributed by atoms with Crippen LogP contribution in [0.4, 0.5) is 11.4 Å². The van der Waals surface area contributed by atoms with Crippen LogP contribution in [0.25, 0.3) is 0 Å². The minimum atomic E-state index is -0.286. The van der Waals surface area contributed by atoms with Gasteiger partial charge < -0.3 is 15.5 Å². The largest absolute Gasteiger partial charge is 0.365 e. The SMILES string of the molecule is CN(CC(=O)Nc1ccc(C(=O)NC(C)(C)C)cc1)c1ccccc1. The van der Waals surface area contributed by atoms with Crippen molar-refractivity contribution in [2.45, 2.75) is 26.3 Å². The molecular formula is C20H25N3O2. The number of likely N-dealkylation sites (N-methyl/N-ethyl adjacent to an activating group) is 1. The molecule has 2 aromatic carbocycles. The lowest BCUT2D eigenvalue weighted by Gasteiger charge is -2.20. The van der Waals surface area contributed by atoms with Gasteiger partial charge in [-0.1, -0.05) is 18.2 Å². The summed E-state index contributed by atoms with van der Waals surface area (Å²) in [7, 11) is 1.87. The Morgan fingerprint density at radius 1 is 0.960 bits per heavy atom. The van der Waals surface area contributed by atoms with E-state index in [-0.39, 0.29) is 23.9 Å². The topological polar surface area (TPSA) is 61.4 Å². The summed E-state index contributed by atoms with van der Waals surface area (Å²) < 4.78 is 0. The maximum absolute atomic E-state index is 12.2. The van der Waals surface area contributed by atoms with Gasteiger partial charge >= 0.3 is 0 Å². The summed E-state index contributed by atoms with van der Waals surface area (Å²) in [4.78, 5) is 26.1. The highest BCUT2D eigenvalue weighted by atomic mass is 16.2. The monoisotopic (exact) mass is 339 g/mol. The van der Waals surface area contributed by atoms with Crippen molar-refractivity contribution in [2.75, 3.05) is 23.8 Å². The summed E-state index contributed by atoms with van der Waals surface area (Å²) in [6, 6.07) is 16.6. The average Bonchev–Trinajstić information content (AvgIpc) is 2.54. The quantitative estimate of drug-likeness (QED) is 0.879. The zero-order valence-corrected chi connectivity index (χ0v) is 15.2. The molecule has 0 unspecified atom stereocenters. The van der Waals surface area contributed by atoms with Crippen molar-refractivity contribution in [1.82, 2.24) is 5.32 Å². The zero-order chi connectivity index (χ0) is 18.4. The van der Waals surface area contributed by atoms with E-state index in [1.807, 2.05) is 63.1 Å². The Balaban J connectivity index is 1.92. The molecule has 0 aliphatic rings. The maximum Gasteiger partial charge on any atom is 0.251 e. The summed E-state index contributed by atoms with van der Waals surface area (Å²) >= 11 is 0. The van der Waals surface area contributed by atoms with Crippen molar-refractivity contribution in [1.29, 1.82) is 0 Å². The van der Waals surface area contributed by atoms with E-state index in [2.05, 4.69) is 10.6 Å². The van der Waals surface area contributed by atoms with E-state index in [0.29, 0.717) is 11.3 Å². The van der Waals surface area contributed by atoms with Gasteiger partial charge in [0.25, 0.3) is 5.91 Å². The molecule has 0 radical (unpaired) electrons. The van der Waals surface area contributed by atoms with Gasteiger partial charge in [0.2, 0.25) is 5.91 Å². The molecule has 0 fully saturated rings. The Labute approximate surface area is 149 Å². The first-order valence-electron chi connectivity index (χ1n) is 8.23. The number of anilines is 2. The van der Waals surface area contributed by atoms with E-state index < -0.39 is 0 Å². The predicted octanol–water partition coefficient (Wildman–Crippen LogP) is 3.29. The predicted molar refractivity (Wildman–Crippen MR) is 102 cm³/mol. The van der Waals surface area contributed by atoms with Crippen molar-refractivity contribution in [3.8, 4) is 0 Å². The molecule has 2 rings (SSSR count). The number of hydrogen-bond donors (Lipinski definition) is 2. The van der Waals surface area contributed by atoms with E-state index in [0.717, 1.165) is 5.69 Å². The number of nitrogens with one attached hydrogen (secondary N) is 2. The van der Waals surface area contributed by atoms with Gasteiger partial charge in [0.05, 0.1) is 6.54 Å². The number of rotatable bonds is 5. The second-order valence-electron chi connectivity index (χ2n) is 7.02. The molecule has 132 valence electrons. The Morgan fingerprint density at radius 2 is 1.56 bits per heavy atom. The van der Waals surface area contributed by atoms with Gasteiger partial charge in [0, 0.05) is 29.5 Å². The number of carbonyl (C=O) groups excluding carboxylic acids is 2. The first kappa shape index (κ1) is 18.5. The molecule has 0 bridgehead atoms. The van der Waals surface area contributed by atoms with Gasteiger partial charge in [-0.3, -0.25) is 9.59 Å². The Morgan fingerprint density at radius 3 is 2.12 bits per heavy atom. The van der Waals surface area contributed by atoms with E-state index in [1.165, 1.54) is 0 Å². The minimum absolute atomic E-state index is 0.113. The molecule has 0 aromatic heterocycles. The molecule has 2 amide bonds. The molecule has 0 aliphatic heterocycles. The lowest BCUT2D eigenvalue weighted by atomic mass is 10.1. The highest BCUT2D eigenvalue weighted by Gasteiger charge is 2.15. The third-order valence-electron chi connectivity index (χ3n) is 3.50. The third-order valence-corrected chi connectivity index (χ3v) is 3.50. The number of benzene rings is 2. The zero-order valence-electron chi connectivity index (χ0n) is 15.2. The summed E-state index contributed by atoms with van der Waals surface area (Å²) in [5.74, 6) is -0.243. The van der Waals surface area contributed by atoms with Crippen LogP contribution in [0.5, 0.6) is 0 Å². The second-order valence-corrected chi connectivity index (χ2v) is 7.02. The first-order chi connectivity index (χ1) is 11.7. The van der Waals surface area contributed by atoms with Gasteiger partial charge in [-0.25, -0.2) is 0 Å². The minimum Gasteiger partial charge on any atom is -0.365 e. The van der Waals surface area contributed by atoms with E-state index in [1.54, 1.807) is 24.3 Å². The van der Waals surface area contributed by atoms with Crippen LogP contribution >= 0.6 is 0 Å². The summed E-state index contributed by atoms with van der Waals surface area (Å²) in [6.07, 6.45) is 0. The van der Waals surface area contributed by atoms with Gasteiger partial charge in [0.15, 0.2) is 0 Å². The number of para-hydroxylation sites is 1. The summed E-state index contributed by atoms with van der Waals surface area (Å²) in [6.45, 7) is 6.05. The Hall–Kier alpha value is -2.82. The van der Waals surface area contributed by atoms with Crippen LogP contribution in [0, 0.1) is 0 Å². The van der Waals surface area contributed by atoms with Crippen molar-refractivity contribution in [2.24, 2.45) is 0 Å². The van der Waals surface area contributed by atoms with Crippen LogP contribution in [0.3, 0.4) is 0 Å². The molecule has 0 spiro atoms. The van der Waals surface area contributed by atoms with Crippen molar-refractivity contribution < 1.29 is 9.59 Å². The first-order valence-corrected chi connectivity index (χ1v) is 8.23. The highest BCUT2D eigenvalue weighted by Crippen LogP contribution is 2.13. The molecule has 0 heterocycles. The fourth-order valence-electron chi connectivity index (χ4n) is 2.31. The lowest BCUT2D eigenvalue weighted by Crippen LogP contribution is -2.40. The summed E-state index contributed by atoms with van der Waals surface area (Å²) in [5.41, 5.74) is 1.92. The molecule has 2 N–H and O–H groups in total. The number of hydrogen-bond acceptors (Lipinski definition) is 3. The average molecular weight is 339 g/mol. The van der Waals surface area contributed by atoms with E-state index in [4.69, 9.17) is 0 Å². The van der Waals surface area contributed by atoms with Gasteiger partial charge in [-0.15, -0.1) is 0 Å². The van der Waals surface area contributed by atoms with Gasteiger partial charge in [-0.05, 0) is 57.2 Å². The molecule has 0 saturated heterocycles. The molecule has 0 atom stereocenters. The molecule has 5 nitrogen and oxygen atoms in total. The van der Waals surface area contributed by atoms with Gasteiger partial charge in [-0.2, -0.15) is 0 Å². The molecule has 2 aromatic rings. The third kappa shape index (κ3) is 5.95. The highest BCUT2D eigenvalue weighted by molar-refractivity contribution is 5.97. The Bertz CT molecular complexity index is 719. The van der Waals surface area contributed by atoms with Crippen molar-refractivity contribution in [3.63, 3.8) is 0 Å². The molecule has 25 heavy (non-hydrogen) atoms.